The maximum absolute atomic E-state index is 13.7. The lowest BCUT2D eigenvalue weighted by molar-refractivity contribution is 0.170. The minimum absolute atomic E-state index is 0.174. The molecular formula is C18H18ClFN2S. The standard InChI is InChI=1S/C18H18ClFN2S/c19-13-2-4-17-15(10-13)16(22-7-5-21-6-8-22)9-12-1-3-14(20)11-18(12)23-17/h1-4,10-11,16,21H,5-9H2/t16-/m0/s1. The Morgan fingerprint density at radius 1 is 1.09 bits per heavy atom. The van der Waals surface area contributed by atoms with E-state index in [4.69, 9.17) is 11.6 Å². The third-order valence-electron chi connectivity index (χ3n) is 4.59. The van der Waals surface area contributed by atoms with Crippen LogP contribution in [0.25, 0.3) is 0 Å². The molecule has 0 amide bonds. The van der Waals surface area contributed by atoms with Crippen LogP contribution >= 0.6 is 23.4 Å². The van der Waals surface area contributed by atoms with E-state index in [1.54, 1.807) is 23.9 Å². The van der Waals surface area contributed by atoms with Gasteiger partial charge in [0.05, 0.1) is 0 Å². The molecule has 2 nitrogen and oxygen atoms in total. The summed E-state index contributed by atoms with van der Waals surface area (Å²) in [6.45, 7) is 4.07. The molecule has 4 rings (SSSR count). The molecule has 1 atom stereocenters. The van der Waals surface area contributed by atoms with Gasteiger partial charge >= 0.3 is 0 Å². The summed E-state index contributed by atoms with van der Waals surface area (Å²) in [5.74, 6) is -0.174. The van der Waals surface area contributed by atoms with Crippen LogP contribution in [0.4, 0.5) is 4.39 Å². The van der Waals surface area contributed by atoms with Crippen molar-refractivity contribution < 1.29 is 4.39 Å². The highest BCUT2D eigenvalue weighted by Crippen LogP contribution is 2.43. The Morgan fingerprint density at radius 3 is 2.74 bits per heavy atom. The summed E-state index contributed by atoms with van der Waals surface area (Å²) in [7, 11) is 0. The predicted octanol–water partition coefficient (Wildman–Crippen LogP) is 4.13. The molecule has 0 aliphatic carbocycles. The zero-order chi connectivity index (χ0) is 15.8. The summed E-state index contributed by atoms with van der Waals surface area (Å²) in [6, 6.07) is 11.5. The first-order chi connectivity index (χ1) is 11.2. The first kappa shape index (κ1) is 15.5. The van der Waals surface area contributed by atoms with Crippen molar-refractivity contribution in [2.24, 2.45) is 0 Å². The van der Waals surface area contributed by atoms with Crippen LogP contribution in [0.2, 0.25) is 5.02 Å². The van der Waals surface area contributed by atoms with E-state index in [1.807, 2.05) is 12.1 Å². The second-order valence-corrected chi connectivity index (χ2v) is 7.56. The Bertz CT molecular complexity index is 731. The van der Waals surface area contributed by atoms with Crippen molar-refractivity contribution in [2.45, 2.75) is 22.3 Å². The number of hydrogen-bond acceptors (Lipinski definition) is 3. The van der Waals surface area contributed by atoms with Gasteiger partial charge in [-0.15, -0.1) is 0 Å². The first-order valence-corrected chi connectivity index (χ1v) is 9.10. The van der Waals surface area contributed by atoms with E-state index in [1.165, 1.54) is 16.0 Å². The predicted molar refractivity (Wildman–Crippen MR) is 92.9 cm³/mol. The summed E-state index contributed by atoms with van der Waals surface area (Å²) in [5.41, 5.74) is 2.48. The molecule has 0 aromatic heterocycles. The molecule has 2 heterocycles. The van der Waals surface area contributed by atoms with Crippen LogP contribution in [-0.2, 0) is 6.42 Å². The molecule has 23 heavy (non-hydrogen) atoms. The highest BCUT2D eigenvalue weighted by molar-refractivity contribution is 7.99. The van der Waals surface area contributed by atoms with Gasteiger partial charge in [-0.2, -0.15) is 0 Å². The lowest BCUT2D eigenvalue weighted by Gasteiger charge is -2.35. The van der Waals surface area contributed by atoms with Gasteiger partial charge in [-0.05, 0) is 47.9 Å². The van der Waals surface area contributed by atoms with E-state index >= 15 is 0 Å². The van der Waals surface area contributed by atoms with Gasteiger partial charge in [-0.1, -0.05) is 29.4 Å². The molecule has 120 valence electrons. The number of rotatable bonds is 1. The molecule has 1 saturated heterocycles. The molecule has 0 bridgehead atoms. The molecule has 0 radical (unpaired) electrons. The molecule has 0 unspecified atom stereocenters. The molecule has 0 saturated carbocycles. The maximum atomic E-state index is 13.7. The van der Waals surface area contributed by atoms with E-state index in [-0.39, 0.29) is 5.82 Å². The zero-order valence-corrected chi connectivity index (χ0v) is 14.3. The first-order valence-electron chi connectivity index (χ1n) is 7.91. The Morgan fingerprint density at radius 2 is 1.91 bits per heavy atom. The van der Waals surface area contributed by atoms with Gasteiger partial charge in [0.15, 0.2) is 0 Å². The molecule has 0 spiro atoms. The van der Waals surface area contributed by atoms with Crippen molar-refractivity contribution in [3.8, 4) is 0 Å². The van der Waals surface area contributed by atoms with Crippen molar-refractivity contribution in [3.63, 3.8) is 0 Å². The number of fused-ring (bicyclic) bond motifs is 2. The van der Waals surface area contributed by atoms with E-state index in [0.717, 1.165) is 42.5 Å². The number of nitrogens with zero attached hydrogens (tertiary/aromatic N) is 1. The number of benzene rings is 2. The molecule has 2 aliphatic heterocycles. The molecule has 5 heteroatoms. The molecule has 1 N–H and O–H groups in total. The SMILES string of the molecule is Fc1ccc2c(c1)Sc1ccc(Cl)cc1[C@@H](N1CCNCC1)C2. The normalized spacial score (nSPS) is 21.4. The summed E-state index contributed by atoms with van der Waals surface area (Å²) >= 11 is 7.92. The monoisotopic (exact) mass is 348 g/mol. The van der Waals surface area contributed by atoms with Crippen LogP contribution in [0.15, 0.2) is 46.2 Å². The molecule has 2 aromatic carbocycles. The van der Waals surface area contributed by atoms with E-state index in [2.05, 4.69) is 22.3 Å². The molecule has 2 aliphatic rings. The lowest BCUT2D eigenvalue weighted by atomic mass is 9.96. The summed E-state index contributed by atoms with van der Waals surface area (Å²) < 4.78 is 13.7. The zero-order valence-electron chi connectivity index (χ0n) is 12.7. The third-order valence-corrected chi connectivity index (χ3v) is 6.01. The fourth-order valence-corrected chi connectivity index (χ4v) is 4.74. The Labute approximate surface area is 145 Å². The number of hydrogen-bond donors (Lipinski definition) is 1. The van der Waals surface area contributed by atoms with Crippen molar-refractivity contribution in [2.75, 3.05) is 26.2 Å². The van der Waals surface area contributed by atoms with Gasteiger partial charge < -0.3 is 5.32 Å². The number of nitrogens with one attached hydrogen (secondary N) is 1. The van der Waals surface area contributed by atoms with Gasteiger partial charge in [0.2, 0.25) is 0 Å². The van der Waals surface area contributed by atoms with Gasteiger partial charge in [-0.3, -0.25) is 4.90 Å². The van der Waals surface area contributed by atoms with Crippen LogP contribution in [0.1, 0.15) is 17.2 Å². The topological polar surface area (TPSA) is 15.3 Å². The summed E-state index contributed by atoms with van der Waals surface area (Å²) in [4.78, 5) is 4.72. The fraction of sp³-hybridized carbons (Fsp3) is 0.333. The van der Waals surface area contributed by atoms with Crippen molar-refractivity contribution >= 4 is 23.4 Å². The second-order valence-electron chi connectivity index (χ2n) is 6.04. The third kappa shape index (κ3) is 3.13. The minimum atomic E-state index is -0.174. The van der Waals surface area contributed by atoms with Crippen LogP contribution in [0.3, 0.4) is 0 Å². The van der Waals surface area contributed by atoms with Crippen molar-refractivity contribution in [1.82, 2.24) is 10.2 Å². The van der Waals surface area contributed by atoms with Gasteiger partial charge in [-0.25, -0.2) is 4.39 Å². The van der Waals surface area contributed by atoms with Gasteiger partial charge in [0.25, 0.3) is 0 Å². The van der Waals surface area contributed by atoms with Crippen LogP contribution in [0.5, 0.6) is 0 Å². The number of piperazine rings is 1. The molecular weight excluding hydrogens is 331 g/mol. The average molecular weight is 349 g/mol. The van der Waals surface area contributed by atoms with Crippen LogP contribution in [0, 0.1) is 5.82 Å². The summed E-state index contributed by atoms with van der Waals surface area (Å²) in [6.07, 6.45) is 0.899. The molecule has 1 fully saturated rings. The largest absolute Gasteiger partial charge is 0.314 e. The smallest absolute Gasteiger partial charge is 0.124 e. The Hall–Kier alpha value is -1.07. The second kappa shape index (κ2) is 6.44. The van der Waals surface area contributed by atoms with Gasteiger partial charge in [0, 0.05) is 47.0 Å². The van der Waals surface area contributed by atoms with E-state index in [0.29, 0.717) is 6.04 Å². The van der Waals surface area contributed by atoms with Crippen LogP contribution < -0.4 is 5.32 Å². The fourth-order valence-electron chi connectivity index (χ4n) is 3.42. The average Bonchev–Trinajstić information content (AvgIpc) is 2.72. The van der Waals surface area contributed by atoms with Crippen LogP contribution in [-0.4, -0.2) is 31.1 Å². The highest BCUT2D eigenvalue weighted by Gasteiger charge is 2.28. The maximum Gasteiger partial charge on any atom is 0.124 e. The number of halogens is 2. The minimum Gasteiger partial charge on any atom is -0.314 e. The Balaban J connectivity index is 1.80. The van der Waals surface area contributed by atoms with E-state index in [9.17, 15) is 4.39 Å². The van der Waals surface area contributed by atoms with Gasteiger partial charge in [0.1, 0.15) is 5.82 Å². The summed E-state index contributed by atoms with van der Waals surface area (Å²) in [5, 5.41) is 4.17. The van der Waals surface area contributed by atoms with E-state index < -0.39 is 0 Å². The quantitative estimate of drug-likeness (QED) is 0.834. The lowest BCUT2D eigenvalue weighted by Crippen LogP contribution is -2.45. The van der Waals surface area contributed by atoms with Crippen molar-refractivity contribution in [1.29, 1.82) is 0 Å². The molecule has 2 aromatic rings. The highest BCUT2D eigenvalue weighted by atomic mass is 35.5. The van der Waals surface area contributed by atoms with Crippen molar-refractivity contribution in [3.05, 3.63) is 58.4 Å². The Kier molecular flexibility index (Phi) is 4.33.